The van der Waals surface area contributed by atoms with E-state index >= 15 is 0 Å². The van der Waals surface area contributed by atoms with Crippen molar-refractivity contribution >= 4 is 23.8 Å². The molecule has 0 aliphatic carbocycles. The van der Waals surface area contributed by atoms with Crippen LogP contribution in [-0.2, 0) is 13.1 Å². The van der Waals surface area contributed by atoms with E-state index in [0.29, 0.717) is 17.1 Å². The van der Waals surface area contributed by atoms with Crippen molar-refractivity contribution in [1.82, 2.24) is 14.8 Å². The minimum absolute atomic E-state index is 0.695. The van der Waals surface area contributed by atoms with Crippen LogP contribution < -0.4 is 4.90 Å². The van der Waals surface area contributed by atoms with Gasteiger partial charge >= 0.3 is 0 Å². The van der Waals surface area contributed by atoms with Crippen molar-refractivity contribution in [1.29, 1.82) is 0 Å². The van der Waals surface area contributed by atoms with E-state index < -0.39 is 0 Å². The Hall–Kier alpha value is -2.66. The first-order chi connectivity index (χ1) is 11.7. The molecule has 5 nitrogen and oxygen atoms in total. The van der Waals surface area contributed by atoms with Gasteiger partial charge in [0.15, 0.2) is 0 Å². The summed E-state index contributed by atoms with van der Waals surface area (Å²) in [6.07, 6.45) is 0.878. The third-order valence-corrected chi connectivity index (χ3v) is 4.52. The largest absolute Gasteiger partial charge is 0.332 e. The van der Waals surface area contributed by atoms with Crippen molar-refractivity contribution in [2.24, 2.45) is 0 Å². The van der Waals surface area contributed by atoms with Gasteiger partial charge in [0.25, 0.3) is 0 Å². The molecule has 0 radical (unpaired) electrons. The summed E-state index contributed by atoms with van der Waals surface area (Å²) in [5, 5.41) is 9.29. The summed E-state index contributed by atoms with van der Waals surface area (Å²) in [5.41, 5.74) is 4.04. The van der Waals surface area contributed by atoms with E-state index in [0.717, 1.165) is 35.9 Å². The molecule has 2 aromatic carbocycles. The molecule has 3 aromatic rings. The third kappa shape index (κ3) is 2.47. The van der Waals surface area contributed by atoms with Crippen LogP contribution in [0.5, 0.6) is 0 Å². The van der Waals surface area contributed by atoms with Crippen LogP contribution in [0.2, 0.25) is 5.02 Å². The first kappa shape index (κ1) is 14.9. The van der Waals surface area contributed by atoms with Crippen LogP contribution in [0.1, 0.15) is 27.3 Å². The minimum Gasteiger partial charge on any atom is -0.332 e. The van der Waals surface area contributed by atoms with Crippen molar-refractivity contribution in [3.63, 3.8) is 0 Å². The molecule has 0 spiro atoms. The molecule has 4 rings (SSSR count). The number of halogens is 1. The molecule has 2 heterocycles. The van der Waals surface area contributed by atoms with Gasteiger partial charge in [0.05, 0.1) is 5.69 Å². The zero-order valence-corrected chi connectivity index (χ0v) is 13.9. The number of aromatic nitrogens is 3. The lowest BCUT2D eigenvalue weighted by atomic mass is 10.1. The number of benzene rings is 2. The van der Waals surface area contributed by atoms with Gasteiger partial charge in [0.1, 0.15) is 12.1 Å². The van der Waals surface area contributed by atoms with Crippen LogP contribution in [-0.4, -0.2) is 21.1 Å². The maximum Gasteiger partial charge on any atom is 0.232 e. The van der Waals surface area contributed by atoms with Gasteiger partial charge < -0.3 is 4.90 Å². The highest BCUT2D eigenvalue weighted by molar-refractivity contribution is 6.30. The lowest BCUT2D eigenvalue weighted by Gasteiger charge is -2.18. The molecule has 0 atom stereocenters. The van der Waals surface area contributed by atoms with E-state index in [1.165, 1.54) is 5.56 Å². The molecule has 0 saturated heterocycles. The molecule has 1 aliphatic rings. The highest BCUT2D eigenvalue weighted by Crippen LogP contribution is 2.30. The van der Waals surface area contributed by atoms with Crippen molar-refractivity contribution < 1.29 is 4.79 Å². The molecule has 6 heteroatoms. The molecule has 0 amide bonds. The monoisotopic (exact) mass is 338 g/mol. The number of fused-ring (bicyclic) bond motifs is 1. The molecule has 1 aromatic heterocycles. The van der Waals surface area contributed by atoms with Crippen LogP contribution in [0, 0.1) is 6.92 Å². The average Bonchev–Trinajstić information content (AvgIpc) is 3.18. The fourth-order valence-corrected chi connectivity index (χ4v) is 3.20. The van der Waals surface area contributed by atoms with Gasteiger partial charge in [-0.1, -0.05) is 23.7 Å². The van der Waals surface area contributed by atoms with Gasteiger partial charge in [-0.25, -0.2) is 0 Å². The summed E-state index contributed by atoms with van der Waals surface area (Å²) < 4.78 is 2.02. The highest BCUT2D eigenvalue weighted by Gasteiger charge is 2.24. The van der Waals surface area contributed by atoms with Gasteiger partial charge in [-0.15, -0.1) is 10.2 Å². The number of carbonyl (C=O) groups is 1. The lowest BCUT2D eigenvalue weighted by Crippen LogP contribution is -2.19. The minimum atomic E-state index is 0.695. The Bertz CT molecular complexity index is 917. The second-order valence-corrected chi connectivity index (χ2v) is 6.30. The predicted molar refractivity (Wildman–Crippen MR) is 92.8 cm³/mol. The van der Waals surface area contributed by atoms with Crippen molar-refractivity contribution in [2.45, 2.75) is 20.0 Å². The second-order valence-electron chi connectivity index (χ2n) is 5.86. The first-order valence-electron chi connectivity index (χ1n) is 7.65. The van der Waals surface area contributed by atoms with E-state index in [4.69, 9.17) is 11.6 Å². The fraction of sp³-hybridized carbons (Fsp3) is 0.167. The first-order valence-corrected chi connectivity index (χ1v) is 8.03. The third-order valence-electron chi connectivity index (χ3n) is 4.26. The molecule has 0 fully saturated rings. The molecule has 0 unspecified atom stereocenters. The van der Waals surface area contributed by atoms with Gasteiger partial charge in [-0.3, -0.25) is 9.36 Å². The molecule has 120 valence electrons. The van der Waals surface area contributed by atoms with Crippen LogP contribution >= 0.6 is 11.6 Å². The van der Waals surface area contributed by atoms with Crippen LogP contribution in [0.15, 0.2) is 42.5 Å². The van der Waals surface area contributed by atoms with Crippen LogP contribution in [0.3, 0.4) is 0 Å². The molecular formula is C18H15ClN4O. The van der Waals surface area contributed by atoms with E-state index in [2.05, 4.69) is 15.1 Å². The normalized spacial score (nSPS) is 13.2. The van der Waals surface area contributed by atoms with Crippen molar-refractivity contribution in [3.8, 4) is 5.69 Å². The Balaban J connectivity index is 1.71. The quantitative estimate of drug-likeness (QED) is 0.685. The highest BCUT2D eigenvalue weighted by atomic mass is 35.5. The predicted octanol–water partition coefficient (Wildman–Crippen LogP) is 3.56. The summed E-state index contributed by atoms with van der Waals surface area (Å²) in [6.45, 7) is 3.39. The summed E-state index contributed by atoms with van der Waals surface area (Å²) in [6, 6.07) is 13.4. The number of hydrogen-bond donors (Lipinski definition) is 0. The SMILES string of the molecule is Cc1nnc(N2Cc3ccc(C=O)cc3C2)n1-c1ccc(Cl)cc1. The Labute approximate surface area is 144 Å². The average molecular weight is 339 g/mol. The van der Waals surface area contributed by atoms with Gasteiger partial charge in [-0.2, -0.15) is 0 Å². The van der Waals surface area contributed by atoms with Gasteiger partial charge in [0.2, 0.25) is 5.95 Å². The molecule has 0 N–H and O–H groups in total. The molecule has 24 heavy (non-hydrogen) atoms. The Morgan fingerprint density at radius 3 is 2.54 bits per heavy atom. The number of anilines is 1. The summed E-state index contributed by atoms with van der Waals surface area (Å²) in [7, 11) is 0. The zero-order chi connectivity index (χ0) is 16.7. The number of nitrogens with zero attached hydrogens (tertiary/aromatic N) is 4. The van der Waals surface area contributed by atoms with Gasteiger partial charge in [-0.05, 0) is 48.4 Å². The smallest absolute Gasteiger partial charge is 0.232 e. The molecule has 0 bridgehead atoms. The summed E-state index contributed by atoms with van der Waals surface area (Å²) in [4.78, 5) is 13.1. The van der Waals surface area contributed by atoms with Crippen molar-refractivity contribution in [3.05, 3.63) is 70.0 Å². The van der Waals surface area contributed by atoms with E-state index in [-0.39, 0.29) is 0 Å². The standard InChI is InChI=1S/C18H15ClN4O/c1-12-20-21-18(23(12)17-6-4-16(19)5-7-17)22-9-14-3-2-13(11-24)8-15(14)10-22/h2-8,11H,9-10H2,1H3. The van der Waals surface area contributed by atoms with E-state index in [1.54, 1.807) is 0 Å². The Morgan fingerprint density at radius 2 is 1.79 bits per heavy atom. The number of carbonyl (C=O) groups excluding carboxylic acids is 1. The van der Waals surface area contributed by atoms with Crippen molar-refractivity contribution in [2.75, 3.05) is 4.90 Å². The fourth-order valence-electron chi connectivity index (χ4n) is 3.08. The zero-order valence-electron chi connectivity index (χ0n) is 13.1. The lowest BCUT2D eigenvalue weighted by molar-refractivity contribution is 0.112. The van der Waals surface area contributed by atoms with E-state index in [1.807, 2.05) is 54.0 Å². The number of rotatable bonds is 3. The van der Waals surface area contributed by atoms with Crippen LogP contribution in [0.25, 0.3) is 5.69 Å². The van der Waals surface area contributed by atoms with E-state index in [9.17, 15) is 4.79 Å². The van der Waals surface area contributed by atoms with Gasteiger partial charge in [0, 0.05) is 23.7 Å². The number of aldehydes is 1. The topological polar surface area (TPSA) is 51.0 Å². The Morgan fingerprint density at radius 1 is 1.04 bits per heavy atom. The molecular weight excluding hydrogens is 324 g/mol. The second kappa shape index (κ2) is 5.76. The molecule has 1 aliphatic heterocycles. The summed E-state index contributed by atoms with van der Waals surface area (Å²) >= 11 is 5.99. The summed E-state index contributed by atoms with van der Waals surface area (Å²) in [5.74, 6) is 1.61. The Kier molecular flexibility index (Phi) is 3.58. The molecule has 0 saturated carbocycles. The maximum absolute atomic E-state index is 11.0. The number of aryl methyl sites for hydroxylation is 1. The maximum atomic E-state index is 11.0. The van der Waals surface area contributed by atoms with Crippen LogP contribution in [0.4, 0.5) is 5.95 Å². The number of hydrogen-bond acceptors (Lipinski definition) is 4.